The molecule has 0 fully saturated rings. The minimum absolute atomic E-state index is 0.0635. The van der Waals surface area contributed by atoms with Crippen LogP contribution in [0.1, 0.15) is 24.3 Å². The van der Waals surface area contributed by atoms with Gasteiger partial charge in [-0.25, -0.2) is 9.48 Å². The Hall–Kier alpha value is -2.45. The van der Waals surface area contributed by atoms with Crippen molar-refractivity contribution in [1.29, 1.82) is 0 Å². The van der Waals surface area contributed by atoms with Crippen molar-refractivity contribution >= 4 is 17.8 Å². The molecule has 0 unspecified atom stereocenters. The zero-order valence-electron chi connectivity index (χ0n) is 12.2. The van der Waals surface area contributed by atoms with Gasteiger partial charge < -0.3 is 15.3 Å². The number of carboxylic acids is 1. The molecular formula is C12H19N5O4. The third-order valence-electron chi connectivity index (χ3n) is 2.57. The van der Waals surface area contributed by atoms with E-state index in [1.807, 2.05) is 13.8 Å². The number of aromatic carboxylic acids is 1. The molecule has 0 radical (unpaired) electrons. The maximum absolute atomic E-state index is 11.9. The van der Waals surface area contributed by atoms with Gasteiger partial charge in [0.25, 0.3) is 0 Å². The molecule has 0 saturated heterocycles. The summed E-state index contributed by atoms with van der Waals surface area (Å²) in [6.07, 6.45) is 1.16. The van der Waals surface area contributed by atoms with Gasteiger partial charge in [0, 0.05) is 13.6 Å². The summed E-state index contributed by atoms with van der Waals surface area (Å²) >= 11 is 0. The van der Waals surface area contributed by atoms with E-state index in [0.717, 1.165) is 10.9 Å². The molecule has 0 saturated carbocycles. The highest BCUT2D eigenvalue weighted by atomic mass is 16.4. The van der Waals surface area contributed by atoms with Gasteiger partial charge in [0.05, 0.1) is 12.7 Å². The van der Waals surface area contributed by atoms with Gasteiger partial charge in [0.1, 0.15) is 6.54 Å². The standard InChI is InChI=1S/C12H19N5O4/c1-8(2)4-13-10(18)6-16(3)11(19)7-17-5-9(12(20)21)14-15-17/h5,8H,4,6-7H2,1-3H3,(H,13,18)(H,20,21). The fourth-order valence-electron chi connectivity index (χ4n) is 1.41. The molecule has 0 aliphatic heterocycles. The van der Waals surface area contributed by atoms with Crippen molar-refractivity contribution in [2.24, 2.45) is 5.92 Å². The summed E-state index contributed by atoms with van der Waals surface area (Å²) in [5.74, 6) is -1.49. The molecule has 21 heavy (non-hydrogen) atoms. The molecule has 0 atom stereocenters. The Morgan fingerprint density at radius 1 is 1.43 bits per heavy atom. The Morgan fingerprint density at radius 2 is 2.10 bits per heavy atom. The van der Waals surface area contributed by atoms with Gasteiger partial charge in [0.2, 0.25) is 11.8 Å². The summed E-state index contributed by atoms with van der Waals surface area (Å²) in [6, 6.07) is 0. The summed E-state index contributed by atoms with van der Waals surface area (Å²) in [5, 5.41) is 18.3. The fraction of sp³-hybridized carbons (Fsp3) is 0.583. The number of carbonyl (C=O) groups is 3. The molecule has 0 aromatic carbocycles. The van der Waals surface area contributed by atoms with Gasteiger partial charge in [0.15, 0.2) is 5.69 Å². The molecule has 1 heterocycles. The van der Waals surface area contributed by atoms with Crippen molar-refractivity contribution in [2.75, 3.05) is 20.1 Å². The number of hydrogen-bond acceptors (Lipinski definition) is 5. The van der Waals surface area contributed by atoms with E-state index in [4.69, 9.17) is 5.11 Å². The Morgan fingerprint density at radius 3 is 2.62 bits per heavy atom. The first-order valence-electron chi connectivity index (χ1n) is 6.43. The first kappa shape index (κ1) is 16.6. The van der Waals surface area contributed by atoms with Crippen LogP contribution < -0.4 is 5.32 Å². The molecule has 116 valence electrons. The van der Waals surface area contributed by atoms with Crippen molar-refractivity contribution in [3.63, 3.8) is 0 Å². The van der Waals surface area contributed by atoms with Crippen LogP contribution in [0, 0.1) is 5.92 Å². The second-order valence-corrected chi connectivity index (χ2v) is 5.05. The molecule has 0 spiro atoms. The van der Waals surface area contributed by atoms with E-state index < -0.39 is 5.97 Å². The zero-order valence-corrected chi connectivity index (χ0v) is 12.2. The Labute approximate surface area is 121 Å². The van der Waals surface area contributed by atoms with E-state index >= 15 is 0 Å². The molecule has 2 amide bonds. The monoisotopic (exact) mass is 297 g/mol. The Bertz CT molecular complexity index is 525. The number of nitrogens with zero attached hydrogens (tertiary/aromatic N) is 4. The summed E-state index contributed by atoms with van der Waals surface area (Å²) in [7, 11) is 1.49. The second kappa shape index (κ2) is 7.36. The number of carbonyl (C=O) groups excluding carboxylic acids is 2. The van der Waals surface area contributed by atoms with E-state index in [2.05, 4.69) is 15.6 Å². The van der Waals surface area contributed by atoms with Crippen molar-refractivity contribution < 1.29 is 19.5 Å². The minimum Gasteiger partial charge on any atom is -0.476 e. The van der Waals surface area contributed by atoms with Crippen LogP contribution >= 0.6 is 0 Å². The van der Waals surface area contributed by atoms with E-state index in [0.29, 0.717) is 12.5 Å². The molecule has 1 aromatic heterocycles. The van der Waals surface area contributed by atoms with Crippen LogP contribution in [-0.2, 0) is 16.1 Å². The number of carboxylic acid groups (broad SMARTS) is 1. The van der Waals surface area contributed by atoms with Gasteiger partial charge >= 0.3 is 5.97 Å². The zero-order chi connectivity index (χ0) is 16.0. The predicted octanol–water partition coefficient (Wildman–Crippen LogP) is -0.793. The number of hydrogen-bond donors (Lipinski definition) is 2. The molecule has 9 nitrogen and oxygen atoms in total. The van der Waals surface area contributed by atoms with Crippen LogP contribution in [0.4, 0.5) is 0 Å². The number of aromatic nitrogens is 3. The normalized spacial score (nSPS) is 10.5. The largest absolute Gasteiger partial charge is 0.476 e. The number of amides is 2. The first-order valence-corrected chi connectivity index (χ1v) is 6.43. The topological polar surface area (TPSA) is 117 Å². The Balaban J connectivity index is 2.46. The average molecular weight is 297 g/mol. The summed E-state index contributed by atoms with van der Waals surface area (Å²) in [6.45, 7) is 4.26. The van der Waals surface area contributed by atoms with Crippen molar-refractivity contribution in [3.8, 4) is 0 Å². The lowest BCUT2D eigenvalue weighted by molar-refractivity contribution is -0.135. The lowest BCUT2D eigenvalue weighted by Crippen LogP contribution is -2.40. The van der Waals surface area contributed by atoms with E-state index in [1.165, 1.54) is 11.9 Å². The fourth-order valence-corrected chi connectivity index (χ4v) is 1.41. The molecule has 1 aromatic rings. The summed E-state index contributed by atoms with van der Waals surface area (Å²) in [5.41, 5.74) is -0.236. The van der Waals surface area contributed by atoms with Crippen molar-refractivity contribution in [2.45, 2.75) is 20.4 Å². The smallest absolute Gasteiger partial charge is 0.358 e. The summed E-state index contributed by atoms with van der Waals surface area (Å²) in [4.78, 5) is 35.4. The number of nitrogens with one attached hydrogen (secondary N) is 1. The van der Waals surface area contributed by atoms with Crippen molar-refractivity contribution in [3.05, 3.63) is 11.9 Å². The van der Waals surface area contributed by atoms with Crippen LogP contribution in [0.15, 0.2) is 6.20 Å². The van der Waals surface area contributed by atoms with Crippen LogP contribution in [0.2, 0.25) is 0 Å². The highest BCUT2D eigenvalue weighted by Crippen LogP contribution is 1.95. The van der Waals surface area contributed by atoms with Gasteiger partial charge in [-0.1, -0.05) is 19.1 Å². The van der Waals surface area contributed by atoms with Crippen LogP contribution in [-0.4, -0.2) is 62.9 Å². The van der Waals surface area contributed by atoms with Gasteiger partial charge in [-0.2, -0.15) is 0 Å². The molecule has 0 bridgehead atoms. The van der Waals surface area contributed by atoms with Crippen LogP contribution in [0.3, 0.4) is 0 Å². The van der Waals surface area contributed by atoms with E-state index in [9.17, 15) is 14.4 Å². The molecule has 0 aliphatic carbocycles. The van der Waals surface area contributed by atoms with E-state index in [-0.39, 0.29) is 30.6 Å². The average Bonchev–Trinajstić information content (AvgIpc) is 2.85. The minimum atomic E-state index is -1.21. The van der Waals surface area contributed by atoms with Crippen molar-refractivity contribution in [1.82, 2.24) is 25.2 Å². The molecule has 9 heteroatoms. The second-order valence-electron chi connectivity index (χ2n) is 5.05. The number of likely N-dealkylation sites (N-methyl/N-ethyl adjacent to an activating group) is 1. The van der Waals surface area contributed by atoms with E-state index in [1.54, 1.807) is 0 Å². The van der Waals surface area contributed by atoms with Crippen LogP contribution in [0.5, 0.6) is 0 Å². The predicted molar refractivity (Wildman–Crippen MR) is 72.5 cm³/mol. The third kappa shape index (κ3) is 5.59. The molecule has 0 aliphatic rings. The molecular weight excluding hydrogens is 278 g/mol. The molecule has 2 N–H and O–H groups in total. The lowest BCUT2D eigenvalue weighted by atomic mass is 10.2. The quantitative estimate of drug-likeness (QED) is 0.681. The van der Waals surface area contributed by atoms with Crippen LogP contribution in [0.25, 0.3) is 0 Å². The SMILES string of the molecule is CC(C)CNC(=O)CN(C)C(=O)Cn1cc(C(=O)O)nn1. The molecule has 1 rings (SSSR count). The van der Waals surface area contributed by atoms with Gasteiger partial charge in [-0.15, -0.1) is 5.10 Å². The van der Waals surface area contributed by atoms with Gasteiger partial charge in [-0.3, -0.25) is 9.59 Å². The maximum Gasteiger partial charge on any atom is 0.358 e. The highest BCUT2D eigenvalue weighted by molar-refractivity contribution is 5.85. The Kier molecular flexibility index (Phi) is 5.82. The highest BCUT2D eigenvalue weighted by Gasteiger charge is 2.15. The number of rotatable bonds is 7. The first-order chi connectivity index (χ1) is 9.79. The summed E-state index contributed by atoms with van der Waals surface area (Å²) < 4.78 is 1.12. The lowest BCUT2D eigenvalue weighted by Gasteiger charge is -2.17. The third-order valence-corrected chi connectivity index (χ3v) is 2.57. The maximum atomic E-state index is 11.9. The van der Waals surface area contributed by atoms with Gasteiger partial charge in [-0.05, 0) is 5.92 Å².